The summed E-state index contributed by atoms with van der Waals surface area (Å²) in [5, 5.41) is 9.80. The number of fused-ring (bicyclic) bond motifs is 1. The Balaban J connectivity index is 1.56. The van der Waals surface area contributed by atoms with Crippen LogP contribution in [0, 0.1) is 5.82 Å². The minimum Gasteiger partial charge on any atom is -0.477 e. The number of hydrogen-bond donors (Lipinski definition) is 1. The second-order valence-corrected chi connectivity index (χ2v) is 10.8. The standard InChI is InChI=1S/C31H27FN2O2S/c32-25-9-5-4-8-24(25)21-10-12-23(13-11-21)29-28(22-6-2-1-3-7-22)30-26(18-27(37-30)31(35)36)34(29)19-20-14-16-33-17-15-20/h4-5,8-18,22H,1-3,6-7,19H2,(H,35,36). The van der Waals surface area contributed by atoms with Crippen LogP contribution in [0.3, 0.4) is 0 Å². The van der Waals surface area contributed by atoms with Gasteiger partial charge in [-0.25, -0.2) is 9.18 Å². The molecule has 0 saturated heterocycles. The molecule has 0 spiro atoms. The number of benzene rings is 2. The molecule has 0 bridgehead atoms. The van der Waals surface area contributed by atoms with Gasteiger partial charge in [0.25, 0.3) is 0 Å². The predicted octanol–water partition coefficient (Wildman–Crippen LogP) is 8.37. The van der Waals surface area contributed by atoms with Crippen LogP contribution in [0.4, 0.5) is 4.39 Å². The highest BCUT2D eigenvalue weighted by atomic mass is 32.1. The molecule has 6 heteroatoms. The van der Waals surface area contributed by atoms with Crippen molar-refractivity contribution in [3.8, 4) is 22.4 Å². The third kappa shape index (κ3) is 4.46. The van der Waals surface area contributed by atoms with Crippen molar-refractivity contribution in [3.63, 3.8) is 0 Å². The summed E-state index contributed by atoms with van der Waals surface area (Å²) in [5.74, 6) is -0.737. The van der Waals surface area contributed by atoms with E-state index in [1.807, 2.05) is 36.4 Å². The minimum absolute atomic E-state index is 0.235. The molecule has 0 aliphatic heterocycles. The molecule has 0 amide bonds. The van der Waals surface area contributed by atoms with Crippen molar-refractivity contribution in [1.82, 2.24) is 9.55 Å². The van der Waals surface area contributed by atoms with E-state index < -0.39 is 5.97 Å². The van der Waals surface area contributed by atoms with Gasteiger partial charge in [-0.05, 0) is 65.3 Å². The van der Waals surface area contributed by atoms with Gasteiger partial charge in [0.1, 0.15) is 10.7 Å². The maximum atomic E-state index is 14.5. The van der Waals surface area contributed by atoms with Crippen LogP contribution in [0.5, 0.6) is 0 Å². The topological polar surface area (TPSA) is 55.1 Å². The summed E-state index contributed by atoms with van der Waals surface area (Å²) in [7, 11) is 0. The van der Waals surface area contributed by atoms with Gasteiger partial charge in [-0.1, -0.05) is 61.7 Å². The Morgan fingerprint density at radius 2 is 1.68 bits per heavy atom. The van der Waals surface area contributed by atoms with Gasteiger partial charge >= 0.3 is 5.97 Å². The van der Waals surface area contributed by atoms with Crippen LogP contribution in [0.15, 0.2) is 79.1 Å². The number of nitrogens with zero attached hydrogens (tertiary/aromatic N) is 2. The summed E-state index contributed by atoms with van der Waals surface area (Å²) in [6.07, 6.45) is 9.41. The lowest BCUT2D eigenvalue weighted by Gasteiger charge is -2.24. The molecule has 1 aliphatic carbocycles. The number of thiophene rings is 1. The van der Waals surface area contributed by atoms with Gasteiger partial charge in [0.05, 0.1) is 15.9 Å². The first-order chi connectivity index (χ1) is 18.1. The largest absolute Gasteiger partial charge is 0.477 e. The van der Waals surface area contributed by atoms with Crippen LogP contribution in [0.1, 0.15) is 58.8 Å². The zero-order chi connectivity index (χ0) is 25.4. The van der Waals surface area contributed by atoms with Crippen molar-refractivity contribution in [1.29, 1.82) is 0 Å². The number of halogens is 1. The summed E-state index contributed by atoms with van der Waals surface area (Å²) in [5.41, 5.74) is 6.96. The fourth-order valence-electron chi connectivity index (χ4n) is 5.67. The fraction of sp³-hybridized carbons (Fsp3) is 0.226. The van der Waals surface area contributed by atoms with E-state index in [-0.39, 0.29) is 5.82 Å². The molecule has 186 valence electrons. The quantitative estimate of drug-likeness (QED) is 0.250. The van der Waals surface area contributed by atoms with Crippen LogP contribution in [-0.2, 0) is 6.54 Å². The highest BCUT2D eigenvalue weighted by molar-refractivity contribution is 7.21. The third-order valence-electron chi connectivity index (χ3n) is 7.43. The smallest absolute Gasteiger partial charge is 0.345 e. The first-order valence-corrected chi connectivity index (χ1v) is 13.6. The van der Waals surface area contributed by atoms with Crippen molar-refractivity contribution in [2.75, 3.05) is 0 Å². The van der Waals surface area contributed by atoms with Gasteiger partial charge in [0.15, 0.2) is 0 Å². The van der Waals surface area contributed by atoms with Crippen LogP contribution in [-0.4, -0.2) is 20.6 Å². The van der Waals surface area contributed by atoms with Crippen LogP contribution >= 0.6 is 11.3 Å². The van der Waals surface area contributed by atoms with Gasteiger partial charge in [0.2, 0.25) is 0 Å². The number of carboxylic acid groups (broad SMARTS) is 1. The van der Waals surface area contributed by atoms with Gasteiger partial charge in [-0.2, -0.15) is 0 Å². The molecule has 0 atom stereocenters. The highest BCUT2D eigenvalue weighted by Gasteiger charge is 2.29. The number of hydrogen-bond acceptors (Lipinski definition) is 3. The average molecular weight is 511 g/mol. The first kappa shape index (κ1) is 23.6. The van der Waals surface area contributed by atoms with E-state index in [1.54, 1.807) is 24.5 Å². The van der Waals surface area contributed by atoms with Crippen LogP contribution in [0.2, 0.25) is 0 Å². The summed E-state index contributed by atoms with van der Waals surface area (Å²) in [6, 6.07) is 20.8. The number of aromatic nitrogens is 2. The van der Waals surface area contributed by atoms with Crippen LogP contribution in [0.25, 0.3) is 32.6 Å². The molecular weight excluding hydrogens is 483 g/mol. The van der Waals surface area contributed by atoms with E-state index in [1.165, 1.54) is 42.2 Å². The summed E-state index contributed by atoms with van der Waals surface area (Å²) in [6.45, 7) is 0.617. The SMILES string of the molecule is O=C(O)c1cc2c(s1)c(C1CCCCC1)c(-c1ccc(-c3ccccc3F)cc1)n2Cc1ccncc1. The van der Waals surface area contributed by atoms with Gasteiger partial charge in [-0.15, -0.1) is 11.3 Å². The number of carboxylic acids is 1. The number of aromatic carboxylic acids is 1. The van der Waals surface area contributed by atoms with Crippen molar-refractivity contribution < 1.29 is 14.3 Å². The zero-order valence-electron chi connectivity index (χ0n) is 20.4. The molecule has 3 heterocycles. The summed E-state index contributed by atoms with van der Waals surface area (Å²) < 4.78 is 17.8. The zero-order valence-corrected chi connectivity index (χ0v) is 21.2. The Labute approximate surface area is 219 Å². The Morgan fingerprint density at radius 1 is 0.973 bits per heavy atom. The maximum absolute atomic E-state index is 14.5. The summed E-state index contributed by atoms with van der Waals surface area (Å²) in [4.78, 5) is 16.5. The van der Waals surface area contributed by atoms with E-state index in [0.717, 1.165) is 45.4 Å². The molecule has 1 saturated carbocycles. The van der Waals surface area contributed by atoms with E-state index >= 15 is 0 Å². The van der Waals surface area contributed by atoms with E-state index in [0.29, 0.717) is 22.9 Å². The monoisotopic (exact) mass is 510 g/mol. The molecule has 37 heavy (non-hydrogen) atoms. The minimum atomic E-state index is -0.887. The lowest BCUT2D eigenvalue weighted by molar-refractivity contribution is 0.0702. The van der Waals surface area contributed by atoms with E-state index in [9.17, 15) is 14.3 Å². The molecule has 3 aromatic heterocycles. The number of pyridine rings is 1. The molecule has 4 nitrogen and oxygen atoms in total. The molecule has 6 rings (SSSR count). The van der Waals surface area contributed by atoms with Gasteiger partial charge in [0, 0.05) is 24.5 Å². The molecule has 0 radical (unpaired) electrons. The predicted molar refractivity (Wildman–Crippen MR) is 147 cm³/mol. The molecule has 5 aromatic rings. The van der Waals surface area contributed by atoms with Crippen molar-refractivity contribution in [2.24, 2.45) is 0 Å². The normalized spacial score (nSPS) is 14.3. The Bertz CT molecular complexity index is 1560. The average Bonchev–Trinajstić information content (AvgIpc) is 3.49. The Kier molecular flexibility index (Phi) is 6.35. The maximum Gasteiger partial charge on any atom is 0.345 e. The van der Waals surface area contributed by atoms with Gasteiger partial charge < -0.3 is 9.67 Å². The molecule has 1 fully saturated rings. The molecule has 2 aromatic carbocycles. The van der Waals surface area contributed by atoms with Gasteiger partial charge in [-0.3, -0.25) is 4.98 Å². The van der Waals surface area contributed by atoms with Crippen molar-refractivity contribution >= 4 is 27.5 Å². The Hall–Kier alpha value is -3.77. The summed E-state index contributed by atoms with van der Waals surface area (Å²) >= 11 is 1.39. The second kappa shape index (κ2) is 9.94. The highest BCUT2D eigenvalue weighted by Crippen LogP contribution is 2.47. The lowest BCUT2D eigenvalue weighted by atomic mass is 9.83. The molecular formula is C31H27FN2O2S. The van der Waals surface area contributed by atoms with E-state index in [2.05, 4.69) is 21.7 Å². The van der Waals surface area contributed by atoms with E-state index in [4.69, 9.17) is 0 Å². The third-order valence-corrected chi connectivity index (χ3v) is 8.58. The Morgan fingerprint density at radius 3 is 2.38 bits per heavy atom. The van der Waals surface area contributed by atoms with Crippen LogP contribution < -0.4 is 0 Å². The number of carbonyl (C=O) groups is 1. The van der Waals surface area contributed by atoms with Crippen molar-refractivity contribution in [2.45, 2.75) is 44.6 Å². The molecule has 1 aliphatic rings. The van der Waals surface area contributed by atoms with Crippen molar-refractivity contribution in [3.05, 3.63) is 101 Å². The molecule has 0 unspecified atom stereocenters. The second-order valence-electron chi connectivity index (χ2n) is 9.73. The number of rotatable bonds is 6. The molecule has 1 N–H and O–H groups in total. The fourth-order valence-corrected chi connectivity index (χ4v) is 6.80. The first-order valence-electron chi connectivity index (χ1n) is 12.7. The lowest BCUT2D eigenvalue weighted by Crippen LogP contribution is -2.08.